The first-order valence-electron chi connectivity index (χ1n) is 6.40. The third-order valence-corrected chi connectivity index (χ3v) is 3.21. The van der Waals surface area contributed by atoms with Crippen LogP contribution in [0.1, 0.15) is 24.5 Å². The van der Waals surface area contributed by atoms with Crippen LogP contribution in [0.3, 0.4) is 0 Å². The first-order valence-corrected chi connectivity index (χ1v) is 6.40. The molecule has 3 aromatic rings. The van der Waals surface area contributed by atoms with Crippen molar-refractivity contribution in [1.29, 1.82) is 0 Å². The lowest BCUT2D eigenvalue weighted by molar-refractivity contribution is 0.467. The number of hydrogen-bond donors (Lipinski definition) is 1. The van der Waals surface area contributed by atoms with Crippen molar-refractivity contribution < 1.29 is 4.42 Å². The largest absolute Gasteiger partial charge is 0.464 e. The van der Waals surface area contributed by atoms with Crippen LogP contribution < -0.4 is 5.32 Å². The van der Waals surface area contributed by atoms with Crippen LogP contribution in [-0.4, -0.2) is 4.98 Å². The Bertz CT molecular complexity index is 697. The van der Waals surface area contributed by atoms with Crippen LogP contribution in [0.5, 0.6) is 0 Å². The molecule has 0 saturated heterocycles. The van der Waals surface area contributed by atoms with Crippen LogP contribution in [0.2, 0.25) is 0 Å². The lowest BCUT2D eigenvalue weighted by Gasteiger charge is -2.14. The Morgan fingerprint density at radius 3 is 2.79 bits per heavy atom. The second-order valence-electron chi connectivity index (χ2n) is 4.69. The molecule has 0 saturated carbocycles. The highest BCUT2D eigenvalue weighted by atomic mass is 16.3. The van der Waals surface area contributed by atoms with Crippen LogP contribution in [0, 0.1) is 6.92 Å². The van der Waals surface area contributed by atoms with Crippen LogP contribution in [-0.2, 0) is 0 Å². The minimum atomic E-state index is 0.125. The van der Waals surface area contributed by atoms with Crippen LogP contribution in [0.15, 0.2) is 53.1 Å². The number of nitrogens with zero attached hydrogens (tertiary/aromatic N) is 1. The van der Waals surface area contributed by atoms with Gasteiger partial charge in [-0.25, -0.2) is 0 Å². The molecule has 1 aromatic carbocycles. The number of furan rings is 1. The third kappa shape index (κ3) is 2.32. The molecule has 96 valence electrons. The molecule has 3 rings (SSSR count). The highest BCUT2D eigenvalue weighted by molar-refractivity contribution is 5.91. The fraction of sp³-hybridized carbons (Fsp3) is 0.188. The lowest BCUT2D eigenvalue weighted by atomic mass is 10.1. The van der Waals surface area contributed by atoms with Gasteiger partial charge in [0.05, 0.1) is 11.6 Å². The Hall–Kier alpha value is -2.29. The molecule has 19 heavy (non-hydrogen) atoms. The molecule has 2 heterocycles. The van der Waals surface area contributed by atoms with Crippen LogP contribution in [0.25, 0.3) is 10.9 Å². The summed E-state index contributed by atoms with van der Waals surface area (Å²) in [5.41, 5.74) is 2.07. The zero-order valence-corrected chi connectivity index (χ0v) is 11.1. The molecule has 3 nitrogen and oxygen atoms in total. The Labute approximate surface area is 112 Å². The molecule has 1 atom stereocenters. The molecule has 2 aromatic heterocycles. The Kier molecular flexibility index (Phi) is 2.95. The third-order valence-electron chi connectivity index (χ3n) is 3.21. The summed E-state index contributed by atoms with van der Waals surface area (Å²) in [5.74, 6) is 1.88. The second-order valence-corrected chi connectivity index (χ2v) is 4.69. The van der Waals surface area contributed by atoms with Gasteiger partial charge in [0.2, 0.25) is 0 Å². The molecule has 0 aliphatic rings. The molecule has 0 fully saturated rings. The van der Waals surface area contributed by atoms with Crippen molar-refractivity contribution in [3.05, 3.63) is 60.2 Å². The van der Waals surface area contributed by atoms with Gasteiger partial charge in [0.25, 0.3) is 0 Å². The average Bonchev–Trinajstić information content (AvgIpc) is 2.86. The molecule has 0 aliphatic carbocycles. The van der Waals surface area contributed by atoms with Gasteiger partial charge in [0.15, 0.2) is 0 Å². The minimum Gasteiger partial charge on any atom is -0.464 e. The number of nitrogens with one attached hydrogen (secondary N) is 1. The number of fused-ring (bicyclic) bond motifs is 1. The Balaban J connectivity index is 1.93. The highest BCUT2D eigenvalue weighted by Gasteiger charge is 2.10. The molecule has 0 bridgehead atoms. The highest BCUT2D eigenvalue weighted by Crippen LogP contribution is 2.26. The van der Waals surface area contributed by atoms with Crippen molar-refractivity contribution in [2.75, 3.05) is 5.32 Å². The zero-order chi connectivity index (χ0) is 13.2. The van der Waals surface area contributed by atoms with Gasteiger partial charge in [-0.2, -0.15) is 0 Å². The van der Waals surface area contributed by atoms with Gasteiger partial charge < -0.3 is 9.73 Å². The number of aromatic nitrogens is 1. The van der Waals surface area contributed by atoms with E-state index in [4.69, 9.17) is 4.42 Å². The number of anilines is 1. The predicted octanol–water partition coefficient (Wildman–Crippen LogP) is 4.31. The van der Waals surface area contributed by atoms with Crippen LogP contribution >= 0.6 is 0 Å². The summed E-state index contributed by atoms with van der Waals surface area (Å²) in [6.07, 6.45) is 1.81. The normalized spacial score (nSPS) is 12.5. The van der Waals surface area contributed by atoms with E-state index < -0.39 is 0 Å². The molecule has 1 unspecified atom stereocenters. The maximum atomic E-state index is 5.65. The van der Waals surface area contributed by atoms with Gasteiger partial charge in [-0.15, -0.1) is 0 Å². The summed E-state index contributed by atoms with van der Waals surface area (Å²) in [4.78, 5) is 4.36. The summed E-state index contributed by atoms with van der Waals surface area (Å²) in [6, 6.07) is 14.2. The van der Waals surface area contributed by atoms with Crippen molar-refractivity contribution in [1.82, 2.24) is 4.98 Å². The zero-order valence-electron chi connectivity index (χ0n) is 11.1. The van der Waals surface area contributed by atoms with E-state index in [1.54, 1.807) is 0 Å². The van der Waals surface area contributed by atoms with Gasteiger partial charge in [-0.05, 0) is 50.2 Å². The number of aryl methyl sites for hydroxylation is 1. The van der Waals surface area contributed by atoms with Crippen molar-refractivity contribution >= 4 is 16.6 Å². The quantitative estimate of drug-likeness (QED) is 0.754. The summed E-state index contributed by atoms with van der Waals surface area (Å²) in [5, 5.41) is 4.61. The van der Waals surface area contributed by atoms with Crippen molar-refractivity contribution in [2.24, 2.45) is 0 Å². The maximum absolute atomic E-state index is 5.65. The molecule has 0 amide bonds. The summed E-state index contributed by atoms with van der Waals surface area (Å²) in [7, 11) is 0. The SMILES string of the molecule is Cc1ccc(C(C)Nc2cccc3ncccc23)o1. The smallest absolute Gasteiger partial charge is 0.126 e. The topological polar surface area (TPSA) is 38.1 Å². The van der Waals surface area contributed by atoms with E-state index in [2.05, 4.69) is 29.4 Å². The van der Waals surface area contributed by atoms with E-state index in [1.807, 2.05) is 43.5 Å². The predicted molar refractivity (Wildman–Crippen MR) is 77.2 cm³/mol. The summed E-state index contributed by atoms with van der Waals surface area (Å²) in [6.45, 7) is 4.05. The fourth-order valence-corrected chi connectivity index (χ4v) is 2.22. The van der Waals surface area contributed by atoms with E-state index in [1.165, 1.54) is 0 Å². The number of pyridine rings is 1. The first-order chi connectivity index (χ1) is 9.24. The van der Waals surface area contributed by atoms with Crippen molar-refractivity contribution in [3.8, 4) is 0 Å². The van der Waals surface area contributed by atoms with Crippen molar-refractivity contribution in [3.63, 3.8) is 0 Å². The van der Waals surface area contributed by atoms with Gasteiger partial charge in [0.1, 0.15) is 11.5 Å². The van der Waals surface area contributed by atoms with E-state index in [0.717, 1.165) is 28.1 Å². The lowest BCUT2D eigenvalue weighted by Crippen LogP contribution is -2.05. The number of rotatable bonds is 3. The monoisotopic (exact) mass is 252 g/mol. The fourth-order valence-electron chi connectivity index (χ4n) is 2.22. The van der Waals surface area contributed by atoms with Gasteiger partial charge in [-0.1, -0.05) is 6.07 Å². The van der Waals surface area contributed by atoms with Gasteiger partial charge in [0, 0.05) is 17.3 Å². The summed E-state index contributed by atoms with van der Waals surface area (Å²) < 4.78 is 5.65. The molecule has 0 aliphatic heterocycles. The van der Waals surface area contributed by atoms with E-state index in [0.29, 0.717) is 0 Å². The Morgan fingerprint density at radius 1 is 1.11 bits per heavy atom. The molecule has 0 radical (unpaired) electrons. The Morgan fingerprint density at radius 2 is 2.00 bits per heavy atom. The summed E-state index contributed by atoms with van der Waals surface area (Å²) >= 11 is 0. The second kappa shape index (κ2) is 4.76. The number of benzene rings is 1. The molecule has 0 spiro atoms. The van der Waals surface area contributed by atoms with E-state index in [-0.39, 0.29) is 6.04 Å². The molecule has 1 N–H and O–H groups in total. The standard InChI is InChI=1S/C16H16N2O/c1-11-8-9-16(19-11)12(2)18-15-7-3-6-14-13(15)5-4-10-17-14/h3-10,12,18H,1-2H3. The first kappa shape index (κ1) is 11.8. The van der Waals surface area contributed by atoms with E-state index >= 15 is 0 Å². The van der Waals surface area contributed by atoms with Gasteiger partial charge >= 0.3 is 0 Å². The van der Waals surface area contributed by atoms with E-state index in [9.17, 15) is 0 Å². The van der Waals surface area contributed by atoms with Crippen molar-refractivity contribution in [2.45, 2.75) is 19.9 Å². The minimum absolute atomic E-state index is 0.125. The molecule has 3 heteroatoms. The van der Waals surface area contributed by atoms with Crippen LogP contribution in [0.4, 0.5) is 5.69 Å². The maximum Gasteiger partial charge on any atom is 0.126 e. The average molecular weight is 252 g/mol. The van der Waals surface area contributed by atoms with Gasteiger partial charge in [-0.3, -0.25) is 4.98 Å². The molecular formula is C16H16N2O. The molecular weight excluding hydrogens is 236 g/mol. The number of hydrogen-bond acceptors (Lipinski definition) is 3.